The van der Waals surface area contributed by atoms with Crippen molar-refractivity contribution in [2.45, 2.75) is 12.8 Å². The molecular formula is C12H13BrO2. The van der Waals surface area contributed by atoms with Gasteiger partial charge in [0.25, 0.3) is 0 Å². The van der Waals surface area contributed by atoms with Gasteiger partial charge in [-0.2, -0.15) is 0 Å². The molecule has 0 atom stereocenters. The second kappa shape index (κ2) is 6.40. The maximum absolute atomic E-state index is 10.8. The highest BCUT2D eigenvalue weighted by Gasteiger charge is 1.95. The second-order valence-electron chi connectivity index (χ2n) is 3.07. The third-order valence-electron chi connectivity index (χ3n) is 1.90. The Morgan fingerprint density at radius 1 is 1.53 bits per heavy atom. The summed E-state index contributed by atoms with van der Waals surface area (Å²) in [6.07, 6.45) is 5.10. The van der Waals surface area contributed by atoms with Gasteiger partial charge in [0.1, 0.15) is 0 Å². The number of allylic oxidation sites excluding steroid dienone is 1. The van der Waals surface area contributed by atoms with Crippen LogP contribution in [0.2, 0.25) is 0 Å². The van der Waals surface area contributed by atoms with Crippen molar-refractivity contribution in [1.29, 1.82) is 0 Å². The molecule has 0 heterocycles. The number of hydrogen-bond donors (Lipinski definition) is 0. The molecule has 0 aromatic heterocycles. The molecule has 0 saturated heterocycles. The molecule has 0 spiro atoms. The van der Waals surface area contributed by atoms with E-state index in [1.165, 1.54) is 7.11 Å². The van der Waals surface area contributed by atoms with Crippen molar-refractivity contribution >= 4 is 28.0 Å². The van der Waals surface area contributed by atoms with Crippen molar-refractivity contribution in [2.75, 3.05) is 7.11 Å². The first-order chi connectivity index (χ1) is 7.22. The highest BCUT2D eigenvalue weighted by molar-refractivity contribution is 9.10. The molecule has 0 N–H and O–H groups in total. The van der Waals surface area contributed by atoms with E-state index in [9.17, 15) is 4.79 Å². The molecule has 0 saturated carbocycles. The largest absolute Gasteiger partial charge is 0.469 e. The maximum Gasteiger partial charge on any atom is 0.305 e. The predicted molar refractivity (Wildman–Crippen MR) is 64.4 cm³/mol. The molecule has 1 aromatic carbocycles. The summed E-state index contributed by atoms with van der Waals surface area (Å²) in [6.45, 7) is 0. The topological polar surface area (TPSA) is 26.3 Å². The second-order valence-corrected chi connectivity index (χ2v) is 3.99. The van der Waals surface area contributed by atoms with Gasteiger partial charge in [-0.1, -0.05) is 40.2 Å². The smallest absolute Gasteiger partial charge is 0.305 e. The number of halogens is 1. The molecule has 0 amide bonds. The summed E-state index contributed by atoms with van der Waals surface area (Å²) in [5, 5.41) is 0. The fourth-order valence-electron chi connectivity index (χ4n) is 1.13. The van der Waals surface area contributed by atoms with Gasteiger partial charge in [0.05, 0.1) is 7.11 Å². The van der Waals surface area contributed by atoms with Crippen molar-refractivity contribution in [3.05, 3.63) is 40.4 Å². The highest BCUT2D eigenvalue weighted by atomic mass is 79.9. The van der Waals surface area contributed by atoms with Crippen LogP contribution in [0.3, 0.4) is 0 Å². The number of hydrogen-bond acceptors (Lipinski definition) is 2. The van der Waals surface area contributed by atoms with Crippen LogP contribution in [0, 0.1) is 0 Å². The van der Waals surface area contributed by atoms with Crippen LogP contribution in [-0.4, -0.2) is 13.1 Å². The van der Waals surface area contributed by atoms with Crippen LogP contribution in [0.25, 0.3) is 6.08 Å². The number of methoxy groups -OCH3 is 1. The Hall–Kier alpha value is -1.09. The lowest BCUT2D eigenvalue weighted by Crippen LogP contribution is -1.97. The average Bonchev–Trinajstić information content (AvgIpc) is 2.24. The maximum atomic E-state index is 10.8. The zero-order chi connectivity index (χ0) is 11.1. The van der Waals surface area contributed by atoms with E-state index in [0.29, 0.717) is 12.8 Å². The van der Waals surface area contributed by atoms with E-state index in [4.69, 9.17) is 0 Å². The summed E-state index contributed by atoms with van der Waals surface area (Å²) >= 11 is 3.40. The van der Waals surface area contributed by atoms with Crippen LogP contribution in [-0.2, 0) is 9.53 Å². The van der Waals surface area contributed by atoms with Crippen molar-refractivity contribution in [1.82, 2.24) is 0 Å². The van der Waals surface area contributed by atoms with Gasteiger partial charge in [-0.15, -0.1) is 0 Å². The Morgan fingerprint density at radius 2 is 2.33 bits per heavy atom. The SMILES string of the molecule is COC(=O)CC/C=C/c1cccc(Br)c1. The Balaban J connectivity index is 2.41. The van der Waals surface area contributed by atoms with E-state index in [1.807, 2.05) is 36.4 Å². The Kier molecular flexibility index (Phi) is 5.12. The van der Waals surface area contributed by atoms with Crippen LogP contribution in [0.5, 0.6) is 0 Å². The van der Waals surface area contributed by atoms with Gasteiger partial charge in [-0.05, 0) is 24.1 Å². The Morgan fingerprint density at radius 3 is 3.00 bits per heavy atom. The first-order valence-electron chi connectivity index (χ1n) is 4.71. The number of ether oxygens (including phenoxy) is 1. The van der Waals surface area contributed by atoms with Crippen LogP contribution in [0.4, 0.5) is 0 Å². The van der Waals surface area contributed by atoms with Gasteiger partial charge in [-0.25, -0.2) is 0 Å². The lowest BCUT2D eigenvalue weighted by atomic mass is 10.2. The first kappa shape index (κ1) is 12.0. The molecule has 0 unspecified atom stereocenters. The molecule has 0 bridgehead atoms. The van der Waals surface area contributed by atoms with Crippen LogP contribution >= 0.6 is 15.9 Å². The molecule has 1 rings (SSSR count). The van der Waals surface area contributed by atoms with Gasteiger partial charge >= 0.3 is 5.97 Å². The molecule has 3 heteroatoms. The molecule has 2 nitrogen and oxygen atoms in total. The lowest BCUT2D eigenvalue weighted by Gasteiger charge is -1.95. The summed E-state index contributed by atoms with van der Waals surface area (Å²) in [5.74, 6) is -0.172. The standard InChI is InChI=1S/C12H13BrO2/c1-15-12(14)8-3-2-5-10-6-4-7-11(13)9-10/h2,4-7,9H,3,8H2,1H3/b5-2+. The molecule has 80 valence electrons. The quantitative estimate of drug-likeness (QED) is 0.783. The lowest BCUT2D eigenvalue weighted by molar-refractivity contribution is -0.140. The first-order valence-corrected chi connectivity index (χ1v) is 5.50. The fourth-order valence-corrected chi connectivity index (χ4v) is 1.55. The summed E-state index contributed by atoms with van der Waals surface area (Å²) < 4.78 is 5.59. The van der Waals surface area contributed by atoms with E-state index in [1.54, 1.807) is 0 Å². The van der Waals surface area contributed by atoms with E-state index in [0.717, 1.165) is 10.0 Å². The number of esters is 1. The zero-order valence-corrected chi connectivity index (χ0v) is 10.2. The van der Waals surface area contributed by atoms with Gasteiger partial charge in [-0.3, -0.25) is 4.79 Å². The molecule has 0 aliphatic rings. The third-order valence-corrected chi connectivity index (χ3v) is 2.40. The minimum absolute atomic E-state index is 0.172. The molecule has 0 radical (unpaired) electrons. The van der Waals surface area contributed by atoms with E-state index in [2.05, 4.69) is 20.7 Å². The van der Waals surface area contributed by atoms with Gasteiger partial charge in [0.2, 0.25) is 0 Å². The molecule has 0 aliphatic carbocycles. The summed E-state index contributed by atoms with van der Waals surface area (Å²) in [7, 11) is 1.40. The van der Waals surface area contributed by atoms with E-state index < -0.39 is 0 Å². The van der Waals surface area contributed by atoms with Gasteiger partial charge in [0.15, 0.2) is 0 Å². The average molecular weight is 269 g/mol. The summed E-state index contributed by atoms with van der Waals surface area (Å²) in [4.78, 5) is 10.8. The number of carbonyl (C=O) groups is 1. The van der Waals surface area contributed by atoms with Crippen LogP contribution in [0.1, 0.15) is 18.4 Å². The van der Waals surface area contributed by atoms with E-state index in [-0.39, 0.29) is 5.97 Å². The molecular weight excluding hydrogens is 256 g/mol. The van der Waals surface area contributed by atoms with Crippen molar-refractivity contribution in [3.63, 3.8) is 0 Å². The minimum Gasteiger partial charge on any atom is -0.469 e. The zero-order valence-electron chi connectivity index (χ0n) is 8.57. The number of rotatable bonds is 4. The van der Waals surface area contributed by atoms with Crippen LogP contribution in [0.15, 0.2) is 34.8 Å². The molecule has 0 fully saturated rings. The van der Waals surface area contributed by atoms with Crippen molar-refractivity contribution in [3.8, 4) is 0 Å². The monoisotopic (exact) mass is 268 g/mol. The van der Waals surface area contributed by atoms with E-state index >= 15 is 0 Å². The highest BCUT2D eigenvalue weighted by Crippen LogP contribution is 2.13. The molecule has 15 heavy (non-hydrogen) atoms. The Labute approximate surface area is 98.1 Å². The normalized spacial score (nSPS) is 10.5. The van der Waals surface area contributed by atoms with Crippen molar-refractivity contribution in [2.24, 2.45) is 0 Å². The van der Waals surface area contributed by atoms with Gasteiger partial charge < -0.3 is 4.74 Å². The third kappa shape index (κ3) is 4.79. The van der Waals surface area contributed by atoms with Crippen molar-refractivity contribution < 1.29 is 9.53 Å². The predicted octanol–water partition coefficient (Wildman–Crippen LogP) is 3.42. The molecule has 1 aromatic rings. The number of benzene rings is 1. The minimum atomic E-state index is -0.172. The summed E-state index contributed by atoms with van der Waals surface area (Å²) in [5.41, 5.74) is 1.12. The summed E-state index contributed by atoms with van der Waals surface area (Å²) in [6, 6.07) is 7.99. The fraction of sp³-hybridized carbons (Fsp3) is 0.250. The molecule has 0 aliphatic heterocycles. The van der Waals surface area contributed by atoms with Crippen LogP contribution < -0.4 is 0 Å². The van der Waals surface area contributed by atoms with Gasteiger partial charge in [0, 0.05) is 10.9 Å². The number of carbonyl (C=O) groups excluding carboxylic acids is 1. The Bertz CT molecular complexity index is 358.